The molecule has 0 aliphatic carbocycles. The first-order valence-corrected chi connectivity index (χ1v) is 5.45. The third-order valence-electron chi connectivity index (χ3n) is 2.63. The Labute approximate surface area is 111 Å². The summed E-state index contributed by atoms with van der Waals surface area (Å²) in [7, 11) is 0. The summed E-state index contributed by atoms with van der Waals surface area (Å²) in [5, 5.41) is 13.9. The van der Waals surface area contributed by atoms with Crippen molar-refractivity contribution >= 4 is 11.7 Å². The topological polar surface area (TPSA) is 90.9 Å². The van der Waals surface area contributed by atoms with E-state index in [-0.39, 0.29) is 5.56 Å². The van der Waals surface area contributed by atoms with Gasteiger partial charge in [0.2, 0.25) is 6.33 Å². The summed E-state index contributed by atoms with van der Waals surface area (Å²) in [5.41, 5.74) is -0.322. The van der Waals surface area contributed by atoms with Crippen molar-refractivity contribution in [2.24, 2.45) is 0 Å². The van der Waals surface area contributed by atoms with E-state index in [1.54, 1.807) is 0 Å². The van der Waals surface area contributed by atoms with E-state index in [0.29, 0.717) is 6.07 Å². The SMILES string of the molecule is CC(C(=O)c1ccc(F)cc1F)n1cnc([N+](=O)[O-])n1. The van der Waals surface area contributed by atoms with E-state index >= 15 is 0 Å². The molecule has 1 aromatic carbocycles. The van der Waals surface area contributed by atoms with Gasteiger partial charge in [-0.15, -0.1) is 0 Å². The smallest absolute Gasteiger partial charge is 0.390 e. The zero-order valence-corrected chi connectivity index (χ0v) is 10.2. The average molecular weight is 282 g/mol. The van der Waals surface area contributed by atoms with Gasteiger partial charge in [-0.25, -0.2) is 8.78 Å². The van der Waals surface area contributed by atoms with Gasteiger partial charge >= 0.3 is 5.95 Å². The van der Waals surface area contributed by atoms with Crippen molar-refractivity contribution in [3.8, 4) is 0 Å². The van der Waals surface area contributed by atoms with E-state index in [1.807, 2.05) is 0 Å². The Morgan fingerprint density at radius 3 is 2.70 bits per heavy atom. The molecule has 0 aliphatic rings. The first kappa shape index (κ1) is 13.7. The number of benzene rings is 1. The minimum Gasteiger partial charge on any atom is -0.390 e. The molecule has 2 rings (SSSR count). The van der Waals surface area contributed by atoms with Crippen LogP contribution in [0.2, 0.25) is 0 Å². The fourth-order valence-corrected chi connectivity index (χ4v) is 1.57. The summed E-state index contributed by atoms with van der Waals surface area (Å²) in [6, 6.07) is 1.54. The molecule has 0 aliphatic heterocycles. The highest BCUT2D eigenvalue weighted by Crippen LogP contribution is 2.18. The summed E-state index contributed by atoms with van der Waals surface area (Å²) in [6.45, 7) is 1.38. The maximum Gasteiger partial charge on any atom is 0.490 e. The number of nitrogens with zero attached hydrogens (tertiary/aromatic N) is 4. The first-order valence-electron chi connectivity index (χ1n) is 5.45. The van der Waals surface area contributed by atoms with E-state index in [1.165, 1.54) is 6.92 Å². The molecule has 1 unspecified atom stereocenters. The first-order chi connectivity index (χ1) is 9.40. The summed E-state index contributed by atoms with van der Waals surface area (Å²) in [5.74, 6) is -3.16. The van der Waals surface area contributed by atoms with Gasteiger partial charge in [-0.05, 0) is 24.0 Å². The monoisotopic (exact) mass is 282 g/mol. The maximum absolute atomic E-state index is 13.5. The maximum atomic E-state index is 13.5. The van der Waals surface area contributed by atoms with Gasteiger partial charge in [0.25, 0.3) is 0 Å². The third-order valence-corrected chi connectivity index (χ3v) is 2.63. The van der Waals surface area contributed by atoms with Gasteiger partial charge < -0.3 is 10.1 Å². The summed E-state index contributed by atoms with van der Waals surface area (Å²) in [6.07, 6.45) is 1.00. The lowest BCUT2D eigenvalue weighted by Crippen LogP contribution is -2.18. The largest absolute Gasteiger partial charge is 0.490 e. The molecule has 0 bridgehead atoms. The number of hydrogen-bond donors (Lipinski definition) is 0. The van der Waals surface area contributed by atoms with Crippen LogP contribution in [-0.2, 0) is 0 Å². The van der Waals surface area contributed by atoms with Gasteiger partial charge in [0.1, 0.15) is 17.7 Å². The van der Waals surface area contributed by atoms with E-state index in [4.69, 9.17) is 0 Å². The second-order valence-electron chi connectivity index (χ2n) is 3.95. The predicted molar refractivity (Wildman–Crippen MR) is 62.1 cm³/mol. The molecule has 0 saturated heterocycles. The zero-order valence-electron chi connectivity index (χ0n) is 10.2. The highest BCUT2D eigenvalue weighted by Gasteiger charge is 2.25. The summed E-state index contributed by atoms with van der Waals surface area (Å²) in [4.78, 5) is 25.1. The molecule has 104 valence electrons. The number of hydrogen-bond acceptors (Lipinski definition) is 5. The van der Waals surface area contributed by atoms with Crippen LogP contribution in [-0.4, -0.2) is 25.5 Å². The number of rotatable bonds is 4. The Balaban J connectivity index is 2.29. The van der Waals surface area contributed by atoms with Crippen LogP contribution in [0.25, 0.3) is 0 Å². The van der Waals surface area contributed by atoms with Crippen molar-refractivity contribution in [2.75, 3.05) is 0 Å². The van der Waals surface area contributed by atoms with Crippen LogP contribution >= 0.6 is 0 Å². The highest BCUT2D eigenvalue weighted by atomic mass is 19.1. The lowest BCUT2D eigenvalue weighted by atomic mass is 10.1. The lowest BCUT2D eigenvalue weighted by Gasteiger charge is -2.08. The number of carbonyl (C=O) groups is 1. The molecule has 1 atom stereocenters. The number of Topliss-reactive ketones (excluding diaryl/α,β-unsaturated/α-hetero) is 1. The molecule has 0 fully saturated rings. The molecule has 2 aromatic rings. The standard InChI is InChI=1S/C11H8F2N4O3/c1-6(16-5-14-11(15-16)17(19)20)10(18)8-3-2-7(12)4-9(8)13/h2-6H,1H3. The van der Waals surface area contributed by atoms with Crippen molar-refractivity contribution < 1.29 is 18.5 Å². The van der Waals surface area contributed by atoms with Crippen LogP contribution in [0.15, 0.2) is 24.5 Å². The molecular formula is C11H8F2N4O3. The van der Waals surface area contributed by atoms with Crippen LogP contribution in [0.1, 0.15) is 23.3 Å². The number of aromatic nitrogens is 3. The van der Waals surface area contributed by atoms with Crippen molar-refractivity contribution in [3.63, 3.8) is 0 Å². The summed E-state index contributed by atoms with van der Waals surface area (Å²) < 4.78 is 27.2. The van der Waals surface area contributed by atoms with Gasteiger partial charge in [-0.3, -0.25) is 4.79 Å². The van der Waals surface area contributed by atoms with Gasteiger partial charge in [0.15, 0.2) is 5.78 Å². The minimum atomic E-state index is -1.00. The van der Waals surface area contributed by atoms with Crippen LogP contribution in [0.4, 0.5) is 14.7 Å². The molecule has 0 amide bonds. The third kappa shape index (κ3) is 2.51. The van der Waals surface area contributed by atoms with Crippen molar-refractivity contribution in [1.29, 1.82) is 0 Å². The lowest BCUT2D eigenvalue weighted by molar-refractivity contribution is -0.394. The van der Waals surface area contributed by atoms with Crippen LogP contribution < -0.4 is 0 Å². The van der Waals surface area contributed by atoms with E-state index in [0.717, 1.165) is 23.1 Å². The molecule has 0 N–H and O–H groups in total. The number of halogens is 2. The second-order valence-corrected chi connectivity index (χ2v) is 3.95. The quantitative estimate of drug-likeness (QED) is 0.485. The van der Waals surface area contributed by atoms with Crippen LogP contribution in [0, 0.1) is 21.7 Å². The van der Waals surface area contributed by atoms with Gasteiger partial charge in [-0.2, -0.15) is 4.68 Å². The Morgan fingerprint density at radius 1 is 1.45 bits per heavy atom. The predicted octanol–water partition coefficient (Wildman–Crippen LogP) is 1.91. The molecule has 0 radical (unpaired) electrons. The van der Waals surface area contributed by atoms with Gasteiger partial charge in [-0.1, -0.05) is 4.98 Å². The molecule has 0 spiro atoms. The Hall–Kier alpha value is -2.71. The average Bonchev–Trinajstić information content (AvgIpc) is 2.87. The Morgan fingerprint density at radius 2 is 2.15 bits per heavy atom. The molecule has 0 saturated carbocycles. The Bertz CT molecular complexity index is 686. The summed E-state index contributed by atoms with van der Waals surface area (Å²) >= 11 is 0. The molecule has 1 heterocycles. The van der Waals surface area contributed by atoms with Crippen LogP contribution in [0.5, 0.6) is 0 Å². The fraction of sp³-hybridized carbons (Fsp3) is 0.182. The number of carbonyl (C=O) groups excluding carboxylic acids is 1. The normalized spacial score (nSPS) is 12.2. The van der Waals surface area contributed by atoms with E-state index < -0.39 is 34.3 Å². The number of ketones is 1. The van der Waals surface area contributed by atoms with Crippen molar-refractivity contribution in [3.05, 3.63) is 51.8 Å². The highest BCUT2D eigenvalue weighted by molar-refractivity contribution is 5.98. The van der Waals surface area contributed by atoms with Crippen molar-refractivity contribution in [2.45, 2.75) is 13.0 Å². The molecule has 1 aromatic heterocycles. The second kappa shape index (κ2) is 5.11. The molecule has 9 heteroatoms. The van der Waals surface area contributed by atoms with E-state index in [2.05, 4.69) is 10.1 Å². The minimum absolute atomic E-state index is 0.322. The molecular weight excluding hydrogens is 274 g/mol. The van der Waals surface area contributed by atoms with Crippen LogP contribution in [0.3, 0.4) is 0 Å². The van der Waals surface area contributed by atoms with Crippen molar-refractivity contribution in [1.82, 2.24) is 14.8 Å². The molecule has 7 nitrogen and oxygen atoms in total. The molecule has 20 heavy (non-hydrogen) atoms. The zero-order chi connectivity index (χ0) is 14.9. The fourth-order valence-electron chi connectivity index (χ4n) is 1.57. The van der Waals surface area contributed by atoms with Gasteiger partial charge in [0, 0.05) is 11.2 Å². The number of nitro groups is 1. The Kier molecular flexibility index (Phi) is 3.51. The van der Waals surface area contributed by atoms with Gasteiger partial charge in [0.05, 0.1) is 5.56 Å². The van der Waals surface area contributed by atoms with E-state index in [9.17, 15) is 23.7 Å².